The molecule has 0 saturated heterocycles. The number of Topliss-reactive ketones (excluding diaryl/α,β-unsaturated/α-hetero) is 1. The third-order valence-electron chi connectivity index (χ3n) is 3.63. The number of carbonyl (C=O) groups is 1. The molecule has 2 aromatic carbocycles. The normalized spacial score (nSPS) is 10.6. The molecule has 22 heavy (non-hydrogen) atoms. The summed E-state index contributed by atoms with van der Waals surface area (Å²) in [6.45, 7) is -0.0195. The van der Waals surface area contributed by atoms with E-state index in [-0.39, 0.29) is 12.4 Å². The number of nitrogens with zero attached hydrogens (tertiary/aromatic N) is 1. The van der Waals surface area contributed by atoms with Crippen LogP contribution in [0, 0.1) is 0 Å². The van der Waals surface area contributed by atoms with Crippen LogP contribution in [-0.4, -0.2) is 24.1 Å². The van der Waals surface area contributed by atoms with E-state index in [1.54, 1.807) is 19.2 Å². The van der Waals surface area contributed by atoms with Crippen molar-refractivity contribution in [3.63, 3.8) is 0 Å². The molecule has 0 fully saturated rings. The first kappa shape index (κ1) is 14.2. The van der Waals surface area contributed by atoms with Crippen LogP contribution >= 0.6 is 0 Å². The third kappa shape index (κ3) is 2.55. The number of methoxy groups -OCH3 is 1. The lowest BCUT2D eigenvalue weighted by Crippen LogP contribution is -2.11. The average Bonchev–Trinajstić information content (AvgIpc) is 2.90. The minimum atomic E-state index is -0.0530. The number of ether oxygens (including phenoxy) is 2. The van der Waals surface area contributed by atoms with Crippen molar-refractivity contribution in [1.82, 2.24) is 4.57 Å². The van der Waals surface area contributed by atoms with Gasteiger partial charge in [0.15, 0.2) is 18.1 Å². The van der Waals surface area contributed by atoms with E-state index >= 15 is 0 Å². The summed E-state index contributed by atoms with van der Waals surface area (Å²) in [6, 6.07) is 15.1. The van der Waals surface area contributed by atoms with Crippen LogP contribution in [0.5, 0.6) is 11.5 Å². The van der Waals surface area contributed by atoms with Gasteiger partial charge in [-0.2, -0.15) is 0 Å². The molecular formula is C18H17NO3. The molecule has 1 heterocycles. The number of fused-ring (bicyclic) bond motifs is 1. The highest BCUT2D eigenvalue weighted by molar-refractivity contribution is 6.08. The number of hydrogen-bond donors (Lipinski definition) is 0. The van der Waals surface area contributed by atoms with E-state index in [1.165, 1.54) is 0 Å². The minimum absolute atomic E-state index is 0.0195. The molecule has 112 valence electrons. The molecule has 0 aliphatic carbocycles. The van der Waals surface area contributed by atoms with Crippen LogP contribution in [0.1, 0.15) is 10.4 Å². The number of carbonyl (C=O) groups excluding carboxylic acids is 1. The molecule has 3 aromatic rings. The number of benzene rings is 2. The summed E-state index contributed by atoms with van der Waals surface area (Å²) >= 11 is 0. The van der Waals surface area contributed by atoms with Gasteiger partial charge in [-0.1, -0.05) is 30.3 Å². The van der Waals surface area contributed by atoms with Gasteiger partial charge in [0.2, 0.25) is 5.78 Å². The molecule has 0 spiro atoms. The van der Waals surface area contributed by atoms with Crippen molar-refractivity contribution < 1.29 is 14.3 Å². The quantitative estimate of drug-likeness (QED) is 0.677. The smallest absolute Gasteiger partial charge is 0.202 e. The Morgan fingerprint density at radius 3 is 2.50 bits per heavy atom. The van der Waals surface area contributed by atoms with Gasteiger partial charge in [-0.05, 0) is 18.2 Å². The Hall–Kier alpha value is -2.75. The number of rotatable bonds is 5. The molecule has 0 radical (unpaired) electrons. The number of hydrogen-bond acceptors (Lipinski definition) is 3. The molecule has 0 unspecified atom stereocenters. The predicted octanol–water partition coefficient (Wildman–Crippen LogP) is 3.45. The highest BCUT2D eigenvalue weighted by Crippen LogP contribution is 2.26. The van der Waals surface area contributed by atoms with E-state index in [0.717, 1.165) is 10.9 Å². The maximum atomic E-state index is 12.5. The summed E-state index contributed by atoms with van der Waals surface area (Å²) < 4.78 is 12.8. The summed E-state index contributed by atoms with van der Waals surface area (Å²) in [7, 11) is 3.51. The van der Waals surface area contributed by atoms with E-state index in [0.29, 0.717) is 17.1 Å². The van der Waals surface area contributed by atoms with Gasteiger partial charge in [-0.3, -0.25) is 4.79 Å². The van der Waals surface area contributed by atoms with Gasteiger partial charge in [-0.25, -0.2) is 0 Å². The summed E-state index contributed by atoms with van der Waals surface area (Å²) in [4.78, 5) is 12.5. The second kappa shape index (κ2) is 5.93. The first-order valence-corrected chi connectivity index (χ1v) is 7.04. The molecule has 4 heteroatoms. The molecule has 4 nitrogen and oxygen atoms in total. The largest absolute Gasteiger partial charge is 0.493 e. The van der Waals surface area contributed by atoms with Crippen molar-refractivity contribution in [1.29, 1.82) is 0 Å². The minimum Gasteiger partial charge on any atom is -0.493 e. The second-order valence-electron chi connectivity index (χ2n) is 5.03. The molecule has 0 aliphatic heterocycles. The van der Waals surface area contributed by atoms with Gasteiger partial charge in [0, 0.05) is 29.7 Å². The van der Waals surface area contributed by atoms with Crippen molar-refractivity contribution in [2.24, 2.45) is 7.05 Å². The fourth-order valence-corrected chi connectivity index (χ4v) is 2.52. The molecular weight excluding hydrogens is 278 g/mol. The number of aromatic nitrogens is 1. The van der Waals surface area contributed by atoms with E-state index in [2.05, 4.69) is 0 Å². The first-order chi connectivity index (χ1) is 10.7. The van der Waals surface area contributed by atoms with Crippen molar-refractivity contribution >= 4 is 16.7 Å². The Kier molecular flexibility index (Phi) is 3.83. The van der Waals surface area contributed by atoms with E-state index in [1.807, 2.05) is 54.2 Å². The van der Waals surface area contributed by atoms with E-state index in [9.17, 15) is 4.79 Å². The fourth-order valence-electron chi connectivity index (χ4n) is 2.52. The Bertz CT molecular complexity index is 820. The molecule has 0 N–H and O–H groups in total. The lowest BCUT2D eigenvalue weighted by atomic mass is 10.1. The van der Waals surface area contributed by atoms with Crippen LogP contribution < -0.4 is 9.47 Å². The average molecular weight is 295 g/mol. The number of para-hydroxylation sites is 3. The summed E-state index contributed by atoms with van der Waals surface area (Å²) in [5, 5.41) is 0.943. The Balaban J connectivity index is 1.82. The SMILES string of the molecule is COc1ccccc1OCC(=O)c1cn(C)c2ccccc12. The van der Waals surface area contributed by atoms with Crippen LogP contribution in [-0.2, 0) is 7.05 Å². The second-order valence-corrected chi connectivity index (χ2v) is 5.03. The monoisotopic (exact) mass is 295 g/mol. The molecule has 0 atom stereocenters. The van der Waals surface area contributed by atoms with Crippen molar-refractivity contribution in [2.75, 3.05) is 13.7 Å². The number of aryl methyl sites for hydroxylation is 1. The first-order valence-electron chi connectivity index (χ1n) is 7.04. The van der Waals surface area contributed by atoms with Crippen molar-refractivity contribution in [2.45, 2.75) is 0 Å². The summed E-state index contributed by atoms with van der Waals surface area (Å²) in [6.07, 6.45) is 1.85. The Morgan fingerprint density at radius 2 is 1.73 bits per heavy atom. The van der Waals surface area contributed by atoms with Gasteiger partial charge >= 0.3 is 0 Å². The molecule has 0 bridgehead atoms. The van der Waals surface area contributed by atoms with Gasteiger partial charge < -0.3 is 14.0 Å². The maximum Gasteiger partial charge on any atom is 0.202 e. The van der Waals surface area contributed by atoms with Crippen LogP contribution in [0.2, 0.25) is 0 Å². The maximum absolute atomic E-state index is 12.5. The van der Waals surface area contributed by atoms with Crippen molar-refractivity contribution in [3.05, 3.63) is 60.3 Å². The van der Waals surface area contributed by atoms with Crippen LogP contribution in [0.15, 0.2) is 54.7 Å². The van der Waals surface area contributed by atoms with Gasteiger partial charge in [0.25, 0.3) is 0 Å². The zero-order chi connectivity index (χ0) is 15.5. The zero-order valence-corrected chi connectivity index (χ0v) is 12.6. The van der Waals surface area contributed by atoms with Crippen LogP contribution in [0.3, 0.4) is 0 Å². The van der Waals surface area contributed by atoms with Crippen LogP contribution in [0.4, 0.5) is 0 Å². The topological polar surface area (TPSA) is 40.5 Å². The molecule has 1 aromatic heterocycles. The van der Waals surface area contributed by atoms with E-state index < -0.39 is 0 Å². The Morgan fingerprint density at radius 1 is 1.05 bits per heavy atom. The Labute approximate surface area is 128 Å². The summed E-state index contributed by atoms with van der Waals surface area (Å²) in [5.74, 6) is 1.13. The van der Waals surface area contributed by atoms with Crippen LogP contribution in [0.25, 0.3) is 10.9 Å². The third-order valence-corrected chi connectivity index (χ3v) is 3.63. The zero-order valence-electron chi connectivity index (χ0n) is 12.6. The van der Waals surface area contributed by atoms with Gasteiger partial charge in [0.05, 0.1) is 7.11 Å². The molecule has 0 aliphatic rings. The van der Waals surface area contributed by atoms with E-state index in [4.69, 9.17) is 9.47 Å². The fraction of sp³-hybridized carbons (Fsp3) is 0.167. The lowest BCUT2D eigenvalue weighted by Gasteiger charge is -2.09. The summed E-state index contributed by atoms with van der Waals surface area (Å²) in [5.41, 5.74) is 1.70. The van der Waals surface area contributed by atoms with Gasteiger partial charge in [0.1, 0.15) is 0 Å². The molecule has 0 saturated carbocycles. The highest BCUT2D eigenvalue weighted by Gasteiger charge is 2.15. The highest BCUT2D eigenvalue weighted by atomic mass is 16.5. The predicted molar refractivity (Wildman–Crippen MR) is 85.7 cm³/mol. The molecule has 3 rings (SSSR count). The standard InChI is InChI=1S/C18H17NO3/c1-19-11-14(13-7-3-4-8-15(13)19)16(20)12-22-18-10-6-5-9-17(18)21-2/h3-11H,12H2,1-2H3. The van der Waals surface area contributed by atoms with Crippen molar-refractivity contribution in [3.8, 4) is 11.5 Å². The number of ketones is 1. The molecule has 0 amide bonds. The van der Waals surface area contributed by atoms with Gasteiger partial charge in [-0.15, -0.1) is 0 Å². The lowest BCUT2D eigenvalue weighted by molar-refractivity contribution is 0.0921.